The molecule has 0 saturated heterocycles. The van der Waals surface area contributed by atoms with Crippen molar-refractivity contribution in [3.8, 4) is 5.75 Å². The minimum absolute atomic E-state index is 0.123. The van der Waals surface area contributed by atoms with Crippen molar-refractivity contribution in [2.24, 2.45) is 0 Å². The van der Waals surface area contributed by atoms with Gasteiger partial charge in [-0.25, -0.2) is 0 Å². The van der Waals surface area contributed by atoms with Gasteiger partial charge in [0, 0.05) is 5.69 Å². The molecule has 0 heterocycles. The number of carbonyl (C=O) groups is 1. The molecule has 0 aromatic heterocycles. The maximum Gasteiger partial charge on any atom is 0.420 e. The molecule has 1 aliphatic rings. The molecule has 1 N–H and O–H groups in total. The predicted octanol–water partition coefficient (Wildman–Crippen LogP) is 5.55. The Morgan fingerprint density at radius 1 is 1.11 bits per heavy atom. The highest BCUT2D eigenvalue weighted by Crippen LogP contribution is 2.43. The molecule has 0 atom stereocenters. The van der Waals surface area contributed by atoms with Gasteiger partial charge in [0.15, 0.2) is 0 Å². The molecular weight excluding hydrogens is 355 g/mol. The number of rotatable bonds is 5. The van der Waals surface area contributed by atoms with Crippen LogP contribution in [0.15, 0.2) is 48.5 Å². The molecule has 0 radical (unpaired) electrons. The lowest BCUT2D eigenvalue weighted by Crippen LogP contribution is -2.38. The lowest BCUT2D eigenvalue weighted by atomic mass is 9.78. The molecule has 2 aromatic rings. The van der Waals surface area contributed by atoms with Crippen LogP contribution in [0.2, 0.25) is 0 Å². The Balaban J connectivity index is 1.91. The largest absolute Gasteiger partial charge is 0.493 e. The molecule has 144 valence electrons. The first-order chi connectivity index (χ1) is 12.9. The molecule has 3 nitrogen and oxygen atoms in total. The fraction of sp³-hybridized carbons (Fsp3) is 0.381. The Morgan fingerprint density at radius 3 is 2.37 bits per heavy atom. The molecule has 6 heteroatoms. The van der Waals surface area contributed by atoms with Gasteiger partial charge >= 0.3 is 6.18 Å². The Hall–Kier alpha value is -2.50. The zero-order valence-electron chi connectivity index (χ0n) is 15.1. The first-order valence-electron chi connectivity index (χ1n) is 9.08. The van der Waals surface area contributed by atoms with Crippen molar-refractivity contribution in [3.05, 3.63) is 59.7 Å². The van der Waals surface area contributed by atoms with E-state index in [1.807, 2.05) is 30.3 Å². The predicted molar refractivity (Wildman–Crippen MR) is 97.8 cm³/mol. The van der Waals surface area contributed by atoms with Gasteiger partial charge in [-0.2, -0.15) is 13.2 Å². The molecule has 1 amide bonds. The highest BCUT2D eigenvalue weighted by Gasteiger charge is 2.43. The van der Waals surface area contributed by atoms with Crippen LogP contribution in [0.1, 0.15) is 43.7 Å². The van der Waals surface area contributed by atoms with E-state index < -0.39 is 17.2 Å². The van der Waals surface area contributed by atoms with Crippen LogP contribution in [0.3, 0.4) is 0 Å². The summed E-state index contributed by atoms with van der Waals surface area (Å²) in [7, 11) is 0. The van der Waals surface area contributed by atoms with Crippen molar-refractivity contribution >= 4 is 11.6 Å². The van der Waals surface area contributed by atoms with Crippen LogP contribution in [-0.2, 0) is 16.4 Å². The monoisotopic (exact) mass is 377 g/mol. The molecule has 0 spiro atoms. The molecule has 1 aliphatic carbocycles. The summed E-state index contributed by atoms with van der Waals surface area (Å²) in [5.74, 6) is -0.495. The third-order valence-corrected chi connectivity index (χ3v) is 5.06. The molecule has 1 fully saturated rings. The molecule has 27 heavy (non-hydrogen) atoms. The molecular formula is C21H22F3NO2. The van der Waals surface area contributed by atoms with Gasteiger partial charge < -0.3 is 10.1 Å². The van der Waals surface area contributed by atoms with E-state index in [9.17, 15) is 18.0 Å². The van der Waals surface area contributed by atoms with Crippen molar-refractivity contribution in [3.63, 3.8) is 0 Å². The third-order valence-electron chi connectivity index (χ3n) is 5.06. The highest BCUT2D eigenvalue weighted by molar-refractivity contribution is 5.99. The quantitative estimate of drug-likeness (QED) is 0.741. The maximum absolute atomic E-state index is 13.3. The Morgan fingerprint density at radius 2 is 1.78 bits per heavy atom. The van der Waals surface area contributed by atoms with Gasteiger partial charge in [0.1, 0.15) is 5.75 Å². The van der Waals surface area contributed by atoms with Gasteiger partial charge in [-0.1, -0.05) is 43.2 Å². The van der Waals surface area contributed by atoms with E-state index in [0.29, 0.717) is 12.8 Å². The molecule has 3 rings (SSSR count). The zero-order chi connectivity index (χ0) is 19.5. The molecule has 0 aliphatic heterocycles. The van der Waals surface area contributed by atoms with Crippen molar-refractivity contribution in [2.75, 3.05) is 11.9 Å². The average Bonchev–Trinajstić information content (AvgIpc) is 3.14. The summed E-state index contributed by atoms with van der Waals surface area (Å²) in [5.41, 5.74) is -0.555. The first kappa shape index (κ1) is 19.3. The number of nitrogens with one attached hydrogen (secondary N) is 1. The fourth-order valence-corrected chi connectivity index (χ4v) is 3.74. The van der Waals surface area contributed by atoms with Crippen molar-refractivity contribution < 1.29 is 22.7 Å². The average molecular weight is 377 g/mol. The number of amides is 1. The number of carbonyl (C=O) groups excluding carboxylic acids is 1. The summed E-state index contributed by atoms with van der Waals surface area (Å²) in [4.78, 5) is 13.1. The number of halogens is 3. The number of hydrogen-bond donors (Lipinski definition) is 1. The smallest absolute Gasteiger partial charge is 0.420 e. The second-order valence-electron chi connectivity index (χ2n) is 6.75. The Bertz CT molecular complexity index is 797. The van der Waals surface area contributed by atoms with Crippen molar-refractivity contribution in [1.29, 1.82) is 0 Å². The minimum Gasteiger partial charge on any atom is -0.493 e. The fourth-order valence-electron chi connectivity index (χ4n) is 3.74. The zero-order valence-corrected chi connectivity index (χ0v) is 15.1. The number of anilines is 1. The normalized spacial score (nSPS) is 16.1. The second kappa shape index (κ2) is 7.62. The molecule has 0 bridgehead atoms. The van der Waals surface area contributed by atoms with Gasteiger partial charge in [-0.15, -0.1) is 0 Å². The lowest BCUT2D eigenvalue weighted by Gasteiger charge is -2.28. The van der Waals surface area contributed by atoms with E-state index in [2.05, 4.69) is 5.32 Å². The summed E-state index contributed by atoms with van der Waals surface area (Å²) < 4.78 is 45.1. The number of hydrogen-bond acceptors (Lipinski definition) is 2. The summed E-state index contributed by atoms with van der Waals surface area (Å²) >= 11 is 0. The van der Waals surface area contributed by atoms with Crippen LogP contribution >= 0.6 is 0 Å². The van der Waals surface area contributed by atoms with E-state index in [1.165, 1.54) is 12.1 Å². The van der Waals surface area contributed by atoms with Crippen molar-refractivity contribution in [1.82, 2.24) is 0 Å². The topological polar surface area (TPSA) is 38.3 Å². The number of alkyl halides is 3. The van der Waals surface area contributed by atoms with Crippen LogP contribution in [0.25, 0.3) is 0 Å². The van der Waals surface area contributed by atoms with Crippen LogP contribution in [0.5, 0.6) is 5.75 Å². The van der Waals surface area contributed by atoms with Crippen LogP contribution in [0.4, 0.5) is 18.9 Å². The summed E-state index contributed by atoms with van der Waals surface area (Å²) in [5, 5.41) is 2.71. The lowest BCUT2D eigenvalue weighted by molar-refractivity contribution is -0.139. The van der Waals surface area contributed by atoms with E-state index >= 15 is 0 Å². The summed E-state index contributed by atoms with van der Waals surface area (Å²) in [6, 6.07) is 13.1. The summed E-state index contributed by atoms with van der Waals surface area (Å²) in [6.45, 7) is 1.76. The highest BCUT2D eigenvalue weighted by atomic mass is 19.4. The molecule has 1 saturated carbocycles. The minimum atomic E-state index is -4.56. The Kier molecular flexibility index (Phi) is 5.44. The number of ether oxygens (including phenoxy) is 1. The van der Waals surface area contributed by atoms with Crippen LogP contribution in [-0.4, -0.2) is 12.5 Å². The summed E-state index contributed by atoms with van der Waals surface area (Å²) in [6.07, 6.45) is -1.35. The SMILES string of the molecule is CCOc1ccc(NC(=O)C2(c3ccccc3)CCCC2)cc1C(F)(F)F. The first-order valence-corrected chi connectivity index (χ1v) is 9.08. The van der Waals surface area contributed by atoms with E-state index in [-0.39, 0.29) is 24.0 Å². The Labute approximate surface area is 156 Å². The van der Waals surface area contributed by atoms with E-state index in [0.717, 1.165) is 24.5 Å². The van der Waals surface area contributed by atoms with Crippen molar-refractivity contribution in [2.45, 2.75) is 44.2 Å². The second-order valence-corrected chi connectivity index (χ2v) is 6.75. The van der Waals surface area contributed by atoms with Gasteiger partial charge in [0.05, 0.1) is 17.6 Å². The van der Waals surface area contributed by atoms with Gasteiger partial charge in [0.25, 0.3) is 0 Å². The molecule has 0 unspecified atom stereocenters. The van der Waals surface area contributed by atoms with Gasteiger partial charge in [-0.05, 0) is 43.5 Å². The van der Waals surface area contributed by atoms with E-state index in [1.54, 1.807) is 6.92 Å². The van der Waals surface area contributed by atoms with Crippen LogP contribution < -0.4 is 10.1 Å². The maximum atomic E-state index is 13.3. The van der Waals surface area contributed by atoms with E-state index in [4.69, 9.17) is 4.74 Å². The van der Waals surface area contributed by atoms with Gasteiger partial charge in [-0.3, -0.25) is 4.79 Å². The molecule has 2 aromatic carbocycles. The third kappa shape index (κ3) is 3.94. The van der Waals surface area contributed by atoms with Gasteiger partial charge in [0.2, 0.25) is 5.91 Å². The standard InChI is InChI=1S/C21H22F3NO2/c1-2-27-18-11-10-16(14-17(18)21(22,23)24)25-19(26)20(12-6-7-13-20)15-8-4-3-5-9-15/h3-5,8-11,14H,2,6-7,12-13H2,1H3,(H,25,26). The number of benzene rings is 2. The van der Waals surface area contributed by atoms with Crippen LogP contribution in [0, 0.1) is 0 Å².